The van der Waals surface area contributed by atoms with E-state index in [1.54, 1.807) is 28.9 Å². The van der Waals surface area contributed by atoms with Crippen LogP contribution in [0.4, 0.5) is 0 Å². The summed E-state index contributed by atoms with van der Waals surface area (Å²) >= 11 is 5.92. The highest BCUT2D eigenvalue weighted by atomic mass is 35.5. The first-order valence-corrected chi connectivity index (χ1v) is 9.05. The number of halogens is 1. The number of nitrogens with one attached hydrogen (secondary N) is 1. The van der Waals surface area contributed by atoms with Gasteiger partial charge in [0.05, 0.1) is 12.2 Å². The van der Waals surface area contributed by atoms with Gasteiger partial charge < -0.3 is 5.32 Å². The molecule has 6 nitrogen and oxygen atoms in total. The zero-order valence-electron chi connectivity index (χ0n) is 14.8. The molecule has 0 saturated heterocycles. The highest BCUT2D eigenvalue weighted by Crippen LogP contribution is 2.19. The normalized spacial score (nSPS) is 10.6. The van der Waals surface area contributed by atoms with Crippen LogP contribution in [0.3, 0.4) is 0 Å². The van der Waals surface area contributed by atoms with Crippen molar-refractivity contribution in [3.8, 4) is 16.8 Å². The van der Waals surface area contributed by atoms with Crippen LogP contribution >= 0.6 is 11.6 Å². The molecule has 0 aliphatic heterocycles. The monoisotopic (exact) mass is 389 g/mol. The lowest BCUT2D eigenvalue weighted by Crippen LogP contribution is -2.24. The molecule has 0 spiro atoms. The molecule has 0 saturated carbocycles. The van der Waals surface area contributed by atoms with Gasteiger partial charge in [0.15, 0.2) is 5.82 Å². The first-order chi connectivity index (χ1) is 13.7. The fourth-order valence-corrected chi connectivity index (χ4v) is 2.93. The van der Waals surface area contributed by atoms with Crippen LogP contribution in [-0.4, -0.2) is 26.1 Å². The molecular weight excluding hydrogens is 374 g/mol. The molecule has 0 atom stereocenters. The number of tetrazole rings is 1. The molecule has 0 bridgehead atoms. The molecular formula is C21H16ClN5O. The number of nitrogens with zero attached hydrogens (tertiary/aromatic N) is 4. The van der Waals surface area contributed by atoms with Crippen LogP contribution in [0.25, 0.3) is 16.8 Å². The van der Waals surface area contributed by atoms with Gasteiger partial charge in [-0.3, -0.25) is 4.79 Å². The molecule has 0 fully saturated rings. The van der Waals surface area contributed by atoms with Crippen LogP contribution in [-0.2, 0) is 6.54 Å². The van der Waals surface area contributed by atoms with Crippen LogP contribution < -0.4 is 5.32 Å². The highest BCUT2D eigenvalue weighted by Gasteiger charge is 2.11. The quantitative estimate of drug-likeness (QED) is 0.561. The number of carbonyl (C=O) groups excluding carboxylic acids is 1. The van der Waals surface area contributed by atoms with Gasteiger partial charge in [0.2, 0.25) is 0 Å². The maximum atomic E-state index is 12.5. The van der Waals surface area contributed by atoms with Crippen LogP contribution in [0.5, 0.6) is 0 Å². The molecule has 1 N–H and O–H groups in total. The number of hydrogen-bond acceptors (Lipinski definition) is 4. The molecule has 0 aliphatic rings. The lowest BCUT2D eigenvalue weighted by atomic mass is 10.0. The van der Waals surface area contributed by atoms with Gasteiger partial charge in [0, 0.05) is 10.6 Å². The molecule has 4 rings (SSSR count). The summed E-state index contributed by atoms with van der Waals surface area (Å²) in [5.74, 6) is 0.335. The van der Waals surface area contributed by atoms with Gasteiger partial charge in [-0.05, 0) is 58.0 Å². The van der Waals surface area contributed by atoms with Crippen molar-refractivity contribution in [2.45, 2.75) is 6.54 Å². The van der Waals surface area contributed by atoms with Crippen molar-refractivity contribution in [2.75, 3.05) is 0 Å². The Hall–Kier alpha value is -3.51. The fourth-order valence-electron chi connectivity index (χ4n) is 2.80. The molecule has 0 unspecified atom stereocenters. The maximum Gasteiger partial charge on any atom is 0.251 e. The van der Waals surface area contributed by atoms with E-state index in [1.165, 1.54) is 0 Å². The van der Waals surface area contributed by atoms with Crippen LogP contribution in [0.2, 0.25) is 5.02 Å². The Kier molecular flexibility index (Phi) is 5.12. The minimum Gasteiger partial charge on any atom is -0.345 e. The van der Waals surface area contributed by atoms with E-state index >= 15 is 0 Å². The van der Waals surface area contributed by atoms with E-state index in [4.69, 9.17) is 11.6 Å². The largest absolute Gasteiger partial charge is 0.345 e. The van der Waals surface area contributed by atoms with Gasteiger partial charge in [-0.15, -0.1) is 5.10 Å². The van der Waals surface area contributed by atoms with E-state index in [1.807, 2.05) is 54.6 Å². The summed E-state index contributed by atoms with van der Waals surface area (Å²) in [5, 5.41) is 15.1. The fraction of sp³-hybridized carbons (Fsp3) is 0.0476. The average molecular weight is 390 g/mol. The summed E-state index contributed by atoms with van der Waals surface area (Å²) in [6.07, 6.45) is 0. The Bertz CT molecular complexity index is 1080. The molecule has 28 heavy (non-hydrogen) atoms. The Morgan fingerprint density at radius 2 is 1.57 bits per heavy atom. The SMILES string of the molecule is O=C(NCc1nnnn1-c1ccc(Cl)cc1)c1ccc(-c2ccccc2)cc1. The number of carbonyl (C=O) groups is 1. The van der Waals surface area contributed by atoms with Crippen molar-refractivity contribution in [1.82, 2.24) is 25.5 Å². The van der Waals surface area contributed by atoms with Crippen molar-refractivity contribution in [3.63, 3.8) is 0 Å². The molecule has 3 aromatic carbocycles. The van der Waals surface area contributed by atoms with Crippen LogP contribution in [0, 0.1) is 0 Å². The summed E-state index contributed by atoms with van der Waals surface area (Å²) in [4.78, 5) is 12.5. The van der Waals surface area contributed by atoms with Crippen LogP contribution in [0.15, 0.2) is 78.9 Å². The third kappa shape index (κ3) is 3.92. The first-order valence-electron chi connectivity index (χ1n) is 8.67. The maximum absolute atomic E-state index is 12.5. The second kappa shape index (κ2) is 8.02. The third-order valence-corrected chi connectivity index (χ3v) is 4.52. The van der Waals surface area contributed by atoms with Crippen LogP contribution in [0.1, 0.15) is 16.2 Å². The lowest BCUT2D eigenvalue weighted by Gasteiger charge is -2.07. The summed E-state index contributed by atoms with van der Waals surface area (Å²) < 4.78 is 1.56. The lowest BCUT2D eigenvalue weighted by molar-refractivity contribution is 0.0949. The minimum absolute atomic E-state index is 0.190. The molecule has 7 heteroatoms. The Balaban J connectivity index is 1.44. The topological polar surface area (TPSA) is 72.7 Å². The molecule has 1 amide bonds. The summed E-state index contributed by atoms with van der Waals surface area (Å²) in [6, 6.07) is 24.6. The molecule has 1 aromatic heterocycles. The van der Waals surface area contributed by atoms with Gasteiger partial charge in [0.1, 0.15) is 0 Å². The predicted octanol–water partition coefficient (Wildman–Crippen LogP) is 3.91. The van der Waals surface area contributed by atoms with E-state index < -0.39 is 0 Å². The Morgan fingerprint density at radius 3 is 2.29 bits per heavy atom. The number of benzene rings is 3. The second-order valence-electron chi connectivity index (χ2n) is 6.11. The molecule has 1 heterocycles. The van der Waals surface area contributed by atoms with Crippen molar-refractivity contribution in [1.29, 1.82) is 0 Å². The van der Waals surface area contributed by atoms with Gasteiger partial charge in [-0.1, -0.05) is 54.1 Å². The number of rotatable bonds is 5. The molecule has 4 aromatic rings. The summed E-state index contributed by atoms with van der Waals surface area (Å²) in [6.45, 7) is 0.203. The van der Waals surface area contributed by atoms with E-state index in [0.717, 1.165) is 16.8 Å². The van der Waals surface area contributed by atoms with Crippen molar-refractivity contribution >= 4 is 17.5 Å². The van der Waals surface area contributed by atoms with Gasteiger partial charge in [-0.25, -0.2) is 0 Å². The standard InChI is InChI=1S/C21H16ClN5O/c22-18-10-12-19(13-11-18)27-20(24-25-26-27)14-23-21(28)17-8-6-16(7-9-17)15-4-2-1-3-5-15/h1-13H,14H2,(H,23,28). The Morgan fingerprint density at radius 1 is 0.893 bits per heavy atom. The first kappa shape index (κ1) is 17.9. The van der Waals surface area contributed by atoms with Gasteiger partial charge in [-0.2, -0.15) is 4.68 Å². The Labute approximate surface area is 166 Å². The van der Waals surface area contributed by atoms with Gasteiger partial charge in [0.25, 0.3) is 5.91 Å². The molecule has 138 valence electrons. The average Bonchev–Trinajstić information content (AvgIpc) is 3.22. The van der Waals surface area contributed by atoms with E-state index in [2.05, 4.69) is 20.8 Å². The number of amides is 1. The van der Waals surface area contributed by atoms with E-state index in [9.17, 15) is 4.79 Å². The number of hydrogen-bond donors (Lipinski definition) is 1. The number of aromatic nitrogens is 4. The molecule has 0 radical (unpaired) electrons. The zero-order valence-corrected chi connectivity index (χ0v) is 15.5. The smallest absolute Gasteiger partial charge is 0.251 e. The van der Waals surface area contributed by atoms with Crippen molar-refractivity contribution in [2.24, 2.45) is 0 Å². The van der Waals surface area contributed by atoms with Crippen molar-refractivity contribution in [3.05, 3.63) is 95.3 Å². The summed E-state index contributed by atoms with van der Waals surface area (Å²) in [7, 11) is 0. The zero-order chi connectivity index (χ0) is 19.3. The third-order valence-electron chi connectivity index (χ3n) is 4.27. The highest BCUT2D eigenvalue weighted by molar-refractivity contribution is 6.30. The van der Waals surface area contributed by atoms with E-state index in [-0.39, 0.29) is 12.5 Å². The predicted molar refractivity (Wildman–Crippen MR) is 107 cm³/mol. The van der Waals surface area contributed by atoms with Gasteiger partial charge >= 0.3 is 0 Å². The summed E-state index contributed by atoms with van der Waals surface area (Å²) in [5.41, 5.74) is 3.51. The van der Waals surface area contributed by atoms with Crippen molar-refractivity contribution < 1.29 is 4.79 Å². The minimum atomic E-state index is -0.190. The second-order valence-corrected chi connectivity index (χ2v) is 6.55. The van der Waals surface area contributed by atoms with E-state index in [0.29, 0.717) is 16.4 Å². The molecule has 0 aliphatic carbocycles.